The topological polar surface area (TPSA) is 9.23 Å². The van der Waals surface area contributed by atoms with Gasteiger partial charge in [-0.25, -0.2) is 0 Å². The van der Waals surface area contributed by atoms with Gasteiger partial charge >= 0.3 is 0 Å². The first-order valence-corrected chi connectivity index (χ1v) is 6.45. The van der Waals surface area contributed by atoms with E-state index in [4.69, 9.17) is 16.3 Å². The molecule has 0 heterocycles. The predicted octanol–water partition coefficient (Wildman–Crippen LogP) is 4.46. The number of hydrogen-bond acceptors (Lipinski definition) is 1. The lowest BCUT2D eigenvalue weighted by atomic mass is 10.0. The van der Waals surface area contributed by atoms with Crippen molar-refractivity contribution in [3.8, 4) is 5.75 Å². The van der Waals surface area contributed by atoms with Crippen LogP contribution in [-0.2, 0) is 6.42 Å². The average Bonchev–Trinajstić information content (AvgIpc) is 2.41. The molecule has 0 saturated heterocycles. The monoisotopic (exact) mass is 288 g/mol. The molecule has 1 aliphatic carbocycles. The van der Waals surface area contributed by atoms with E-state index in [1.165, 1.54) is 24.0 Å². The number of hydrogen-bond donors (Lipinski definition) is 0. The molecule has 1 nitrogen and oxygen atoms in total. The molecule has 0 amide bonds. The first-order valence-electron chi connectivity index (χ1n) is 5.22. The summed E-state index contributed by atoms with van der Waals surface area (Å²) >= 11 is 9.97. The van der Waals surface area contributed by atoms with Gasteiger partial charge in [0.15, 0.2) is 0 Å². The zero-order chi connectivity index (χ0) is 10.8. The van der Waals surface area contributed by atoms with Crippen LogP contribution >= 0.6 is 27.5 Å². The van der Waals surface area contributed by atoms with Crippen LogP contribution in [0.2, 0.25) is 0 Å². The Bertz CT molecular complexity index is 365. The minimum absolute atomic E-state index is 0.133. The molecule has 1 atom stereocenters. The van der Waals surface area contributed by atoms with Crippen LogP contribution in [-0.4, -0.2) is 7.11 Å². The molecule has 0 radical (unpaired) electrons. The molecule has 0 aliphatic heterocycles. The fraction of sp³-hybridized carbons (Fsp3) is 0.500. The first kappa shape index (κ1) is 11.3. The van der Waals surface area contributed by atoms with Gasteiger partial charge in [0.25, 0.3) is 0 Å². The summed E-state index contributed by atoms with van der Waals surface area (Å²) in [5.41, 5.74) is 2.59. The van der Waals surface area contributed by atoms with E-state index in [1.807, 2.05) is 6.07 Å². The number of ether oxygens (including phenoxy) is 1. The molecule has 1 aromatic carbocycles. The minimum atomic E-state index is 0.133. The highest BCUT2D eigenvalue weighted by atomic mass is 79.9. The Hall–Kier alpha value is -0.210. The summed E-state index contributed by atoms with van der Waals surface area (Å²) in [4.78, 5) is 0. The van der Waals surface area contributed by atoms with Gasteiger partial charge in [-0.1, -0.05) is 22.4 Å². The van der Waals surface area contributed by atoms with Crippen molar-refractivity contribution in [3.63, 3.8) is 0 Å². The molecule has 0 fully saturated rings. The number of fused-ring (bicyclic) bond motifs is 1. The Labute approximate surface area is 104 Å². The van der Waals surface area contributed by atoms with Crippen LogP contribution in [0.4, 0.5) is 0 Å². The summed E-state index contributed by atoms with van der Waals surface area (Å²) in [6.07, 6.45) is 4.61. The number of halogens is 2. The molecule has 3 heteroatoms. The Balaban J connectivity index is 2.50. The summed E-state index contributed by atoms with van der Waals surface area (Å²) < 4.78 is 6.39. The van der Waals surface area contributed by atoms with Crippen molar-refractivity contribution in [2.75, 3.05) is 7.11 Å². The van der Waals surface area contributed by atoms with Crippen molar-refractivity contribution >= 4 is 27.5 Å². The van der Waals surface area contributed by atoms with Gasteiger partial charge in [0.1, 0.15) is 5.75 Å². The van der Waals surface area contributed by atoms with Gasteiger partial charge in [-0.3, -0.25) is 0 Å². The minimum Gasteiger partial charge on any atom is -0.497 e. The van der Waals surface area contributed by atoms with Crippen molar-refractivity contribution < 1.29 is 4.74 Å². The van der Waals surface area contributed by atoms with E-state index >= 15 is 0 Å². The lowest BCUT2D eigenvalue weighted by Gasteiger charge is -2.14. The normalized spacial score (nSPS) is 20.6. The highest BCUT2D eigenvalue weighted by molar-refractivity contribution is 9.10. The van der Waals surface area contributed by atoms with E-state index in [0.29, 0.717) is 0 Å². The number of methoxy groups -OCH3 is 1. The molecular weight excluding hydrogens is 275 g/mol. The zero-order valence-corrected chi connectivity index (χ0v) is 11.1. The summed E-state index contributed by atoms with van der Waals surface area (Å²) in [6.45, 7) is 0. The van der Waals surface area contributed by atoms with Gasteiger partial charge in [-0.05, 0) is 42.5 Å². The molecule has 0 spiro atoms. The second kappa shape index (κ2) is 4.75. The summed E-state index contributed by atoms with van der Waals surface area (Å²) in [6, 6.07) is 4.09. The molecule has 15 heavy (non-hydrogen) atoms. The highest BCUT2D eigenvalue weighted by Gasteiger charge is 2.19. The Morgan fingerprint density at radius 2 is 2.20 bits per heavy atom. The number of benzene rings is 1. The van der Waals surface area contributed by atoms with Gasteiger partial charge in [0.2, 0.25) is 0 Å². The van der Waals surface area contributed by atoms with Crippen LogP contribution in [0.1, 0.15) is 35.8 Å². The van der Waals surface area contributed by atoms with E-state index in [1.54, 1.807) is 7.11 Å². The van der Waals surface area contributed by atoms with E-state index in [9.17, 15) is 0 Å². The second-order valence-corrected chi connectivity index (χ2v) is 5.27. The van der Waals surface area contributed by atoms with Gasteiger partial charge in [-0.15, -0.1) is 11.6 Å². The van der Waals surface area contributed by atoms with Gasteiger partial charge in [-0.2, -0.15) is 0 Å². The van der Waals surface area contributed by atoms with E-state index in [2.05, 4.69) is 22.0 Å². The predicted molar refractivity (Wildman–Crippen MR) is 66.8 cm³/mol. The average molecular weight is 290 g/mol. The van der Waals surface area contributed by atoms with Gasteiger partial charge in [0, 0.05) is 4.47 Å². The molecular formula is C12H14BrClO. The van der Waals surface area contributed by atoms with Crippen LogP contribution in [0.5, 0.6) is 5.75 Å². The van der Waals surface area contributed by atoms with E-state index < -0.39 is 0 Å². The van der Waals surface area contributed by atoms with Gasteiger partial charge in [0.05, 0.1) is 12.5 Å². The summed E-state index contributed by atoms with van der Waals surface area (Å²) in [5, 5.41) is 0.133. The first-order chi connectivity index (χ1) is 7.22. The molecule has 82 valence electrons. The standard InChI is InChI=1S/C12H14BrClO/c1-15-8-6-10-9(11(13)7-8)4-2-3-5-12(10)14/h6-7,12H,2-5H2,1H3. The molecule has 0 saturated carbocycles. The molecule has 1 unspecified atom stereocenters. The lowest BCUT2D eigenvalue weighted by molar-refractivity contribution is 0.413. The van der Waals surface area contributed by atoms with Crippen molar-refractivity contribution in [2.45, 2.75) is 31.1 Å². The second-order valence-electron chi connectivity index (χ2n) is 3.89. The molecule has 0 aromatic heterocycles. The van der Waals surface area contributed by atoms with E-state index in [-0.39, 0.29) is 5.38 Å². The molecule has 1 aliphatic rings. The maximum atomic E-state index is 6.38. The van der Waals surface area contributed by atoms with Crippen LogP contribution in [0.25, 0.3) is 0 Å². The Kier molecular flexibility index (Phi) is 3.57. The molecule has 0 N–H and O–H groups in total. The fourth-order valence-corrected chi connectivity index (χ4v) is 3.08. The Morgan fingerprint density at radius 3 is 2.93 bits per heavy atom. The number of alkyl halides is 1. The van der Waals surface area contributed by atoms with Crippen molar-refractivity contribution in [1.82, 2.24) is 0 Å². The third-order valence-corrected chi connectivity index (χ3v) is 4.07. The summed E-state index contributed by atoms with van der Waals surface area (Å²) in [7, 11) is 1.69. The van der Waals surface area contributed by atoms with Crippen LogP contribution in [0.3, 0.4) is 0 Å². The van der Waals surface area contributed by atoms with Crippen molar-refractivity contribution in [3.05, 3.63) is 27.7 Å². The molecule has 0 bridgehead atoms. The maximum absolute atomic E-state index is 6.38. The van der Waals surface area contributed by atoms with Crippen LogP contribution in [0.15, 0.2) is 16.6 Å². The Morgan fingerprint density at radius 1 is 1.40 bits per heavy atom. The SMILES string of the molecule is COc1cc(Br)c2c(c1)C(Cl)CCCC2. The fourth-order valence-electron chi connectivity index (χ4n) is 2.07. The largest absolute Gasteiger partial charge is 0.497 e. The molecule has 1 aromatic rings. The van der Waals surface area contributed by atoms with Gasteiger partial charge < -0.3 is 4.74 Å². The van der Waals surface area contributed by atoms with Crippen LogP contribution < -0.4 is 4.74 Å². The smallest absolute Gasteiger partial charge is 0.120 e. The zero-order valence-electron chi connectivity index (χ0n) is 8.72. The van der Waals surface area contributed by atoms with Crippen molar-refractivity contribution in [2.24, 2.45) is 0 Å². The molecule has 2 rings (SSSR count). The maximum Gasteiger partial charge on any atom is 0.120 e. The van der Waals surface area contributed by atoms with E-state index in [0.717, 1.165) is 23.1 Å². The quantitative estimate of drug-likeness (QED) is 0.548. The van der Waals surface area contributed by atoms with Crippen LogP contribution in [0, 0.1) is 0 Å². The third kappa shape index (κ3) is 2.31. The number of rotatable bonds is 1. The highest BCUT2D eigenvalue weighted by Crippen LogP contribution is 2.39. The summed E-state index contributed by atoms with van der Waals surface area (Å²) in [5.74, 6) is 0.883. The van der Waals surface area contributed by atoms with Crippen molar-refractivity contribution in [1.29, 1.82) is 0 Å². The third-order valence-electron chi connectivity index (χ3n) is 2.91. The lowest BCUT2D eigenvalue weighted by Crippen LogP contribution is -1.96.